The predicted molar refractivity (Wildman–Crippen MR) is 60.6 cm³/mol. The zero-order valence-corrected chi connectivity index (χ0v) is 9.53. The molecule has 17 heavy (non-hydrogen) atoms. The van der Waals surface area contributed by atoms with Gasteiger partial charge in [-0.25, -0.2) is 5.06 Å². The molecule has 90 valence electrons. The second-order valence-corrected chi connectivity index (χ2v) is 4.58. The topological polar surface area (TPSA) is 76.8 Å². The Bertz CT molecular complexity index is 509. The maximum atomic E-state index is 10.1. The number of phenols is 1. The van der Waals surface area contributed by atoms with Crippen molar-refractivity contribution in [1.29, 1.82) is 5.41 Å². The van der Waals surface area contributed by atoms with E-state index in [0.717, 1.165) is 29.9 Å². The van der Waals surface area contributed by atoms with E-state index < -0.39 is 5.54 Å². The minimum absolute atomic E-state index is 0.0219. The van der Waals surface area contributed by atoms with Crippen molar-refractivity contribution in [3.8, 4) is 11.5 Å². The van der Waals surface area contributed by atoms with E-state index in [1.54, 1.807) is 13.2 Å². The highest BCUT2D eigenvalue weighted by Gasteiger charge is 2.54. The Morgan fingerprint density at radius 2 is 2.12 bits per heavy atom. The molecule has 5 heteroatoms. The number of nitrogens with one attached hydrogen (secondary N) is 1. The molecule has 1 spiro atoms. The molecule has 0 atom stereocenters. The van der Waals surface area contributed by atoms with Crippen molar-refractivity contribution in [2.24, 2.45) is 0 Å². The average Bonchev–Trinajstić information content (AvgIpc) is 2.50. The summed E-state index contributed by atoms with van der Waals surface area (Å²) in [6.45, 7) is 0. The van der Waals surface area contributed by atoms with E-state index in [0.29, 0.717) is 11.3 Å². The lowest BCUT2D eigenvalue weighted by atomic mass is 9.72. The highest BCUT2D eigenvalue weighted by molar-refractivity contribution is 6.04. The van der Waals surface area contributed by atoms with Crippen LogP contribution in [0, 0.1) is 5.41 Å². The van der Waals surface area contributed by atoms with Gasteiger partial charge in [0.1, 0.15) is 11.5 Å². The third-order valence-corrected chi connectivity index (χ3v) is 3.87. The Morgan fingerprint density at radius 1 is 1.41 bits per heavy atom. The van der Waals surface area contributed by atoms with Crippen LogP contribution in [0.5, 0.6) is 11.5 Å². The Labute approximate surface area is 98.7 Å². The highest BCUT2D eigenvalue weighted by atomic mass is 16.5. The van der Waals surface area contributed by atoms with Gasteiger partial charge in [0.05, 0.1) is 18.2 Å². The number of hydrogen-bond donors (Lipinski definition) is 3. The predicted octanol–water partition coefficient (Wildman–Crippen LogP) is 1.81. The van der Waals surface area contributed by atoms with Gasteiger partial charge in [0.25, 0.3) is 0 Å². The summed E-state index contributed by atoms with van der Waals surface area (Å²) in [5.74, 6) is 0.600. The van der Waals surface area contributed by atoms with Crippen LogP contribution in [0.15, 0.2) is 12.1 Å². The molecule has 3 rings (SSSR count). The summed E-state index contributed by atoms with van der Waals surface area (Å²) in [5.41, 5.74) is 0.585. The third-order valence-electron chi connectivity index (χ3n) is 3.87. The number of hydroxylamine groups is 2. The average molecular weight is 234 g/mol. The lowest BCUT2D eigenvalue weighted by molar-refractivity contribution is -0.138. The fourth-order valence-corrected chi connectivity index (χ4v) is 2.84. The Kier molecular flexibility index (Phi) is 1.92. The SMILES string of the molecule is COc1ccc(O)c2c1C1(CCC1)N(O)C2=N. The van der Waals surface area contributed by atoms with Gasteiger partial charge in [-0.1, -0.05) is 0 Å². The minimum Gasteiger partial charge on any atom is -0.507 e. The summed E-state index contributed by atoms with van der Waals surface area (Å²) < 4.78 is 5.29. The highest BCUT2D eigenvalue weighted by Crippen LogP contribution is 2.56. The second kappa shape index (κ2) is 3.13. The fraction of sp³-hybridized carbons (Fsp3) is 0.417. The van der Waals surface area contributed by atoms with Crippen LogP contribution in [0.25, 0.3) is 0 Å². The smallest absolute Gasteiger partial charge is 0.157 e. The van der Waals surface area contributed by atoms with Crippen LogP contribution in [0.1, 0.15) is 30.4 Å². The summed E-state index contributed by atoms with van der Waals surface area (Å²) in [4.78, 5) is 0. The number of benzene rings is 1. The number of nitrogens with zero attached hydrogens (tertiary/aromatic N) is 1. The maximum absolute atomic E-state index is 10.1. The molecule has 0 saturated heterocycles. The molecule has 1 aromatic rings. The van der Waals surface area contributed by atoms with Crippen molar-refractivity contribution in [2.75, 3.05) is 7.11 Å². The molecule has 0 unspecified atom stereocenters. The monoisotopic (exact) mass is 234 g/mol. The van der Waals surface area contributed by atoms with Gasteiger partial charge in [-0.3, -0.25) is 10.6 Å². The maximum Gasteiger partial charge on any atom is 0.157 e. The molecule has 0 aromatic heterocycles. The largest absolute Gasteiger partial charge is 0.507 e. The van der Waals surface area contributed by atoms with Crippen LogP contribution in [0.2, 0.25) is 0 Å². The van der Waals surface area contributed by atoms with Crippen LogP contribution in [0.3, 0.4) is 0 Å². The Hall–Kier alpha value is -1.75. The first-order valence-corrected chi connectivity index (χ1v) is 5.60. The van der Waals surface area contributed by atoms with E-state index in [1.807, 2.05) is 0 Å². The van der Waals surface area contributed by atoms with Crippen molar-refractivity contribution in [3.05, 3.63) is 23.3 Å². The normalized spacial score (nSPS) is 20.4. The molecule has 0 radical (unpaired) electrons. The van der Waals surface area contributed by atoms with E-state index in [1.165, 1.54) is 6.07 Å². The quantitative estimate of drug-likeness (QED) is 0.692. The van der Waals surface area contributed by atoms with E-state index >= 15 is 0 Å². The molecule has 3 N–H and O–H groups in total. The third kappa shape index (κ3) is 1.04. The Morgan fingerprint density at radius 3 is 2.65 bits per heavy atom. The van der Waals surface area contributed by atoms with Gasteiger partial charge in [-0.2, -0.15) is 0 Å². The molecule has 1 fully saturated rings. The zero-order chi connectivity index (χ0) is 12.2. The van der Waals surface area contributed by atoms with Gasteiger partial charge < -0.3 is 9.84 Å². The first-order chi connectivity index (χ1) is 8.12. The molecule has 1 aliphatic carbocycles. The van der Waals surface area contributed by atoms with Crippen molar-refractivity contribution < 1.29 is 15.1 Å². The molecule has 1 aliphatic heterocycles. The van der Waals surface area contributed by atoms with Crippen LogP contribution < -0.4 is 4.74 Å². The first kappa shape index (κ1) is 10.4. The van der Waals surface area contributed by atoms with Crippen LogP contribution in [-0.2, 0) is 5.54 Å². The summed E-state index contributed by atoms with van der Waals surface area (Å²) in [7, 11) is 1.56. The second-order valence-electron chi connectivity index (χ2n) is 4.58. The lowest BCUT2D eigenvalue weighted by Crippen LogP contribution is -2.46. The van der Waals surface area contributed by atoms with Crippen LogP contribution in [0.4, 0.5) is 0 Å². The van der Waals surface area contributed by atoms with Crippen LogP contribution >= 0.6 is 0 Å². The lowest BCUT2D eigenvalue weighted by Gasteiger charge is -2.43. The number of fused-ring (bicyclic) bond motifs is 2. The minimum atomic E-state index is -0.559. The Balaban J connectivity index is 2.31. The molecule has 0 amide bonds. The van der Waals surface area contributed by atoms with Gasteiger partial charge in [-0.05, 0) is 31.4 Å². The van der Waals surface area contributed by atoms with Gasteiger partial charge in [0.15, 0.2) is 5.84 Å². The number of amidine groups is 1. The van der Waals surface area contributed by atoms with E-state index in [9.17, 15) is 10.3 Å². The molecular formula is C12H14N2O3. The summed E-state index contributed by atoms with van der Waals surface area (Å²) in [5, 5.41) is 28.8. The van der Waals surface area contributed by atoms with Crippen LogP contribution in [-0.4, -0.2) is 28.3 Å². The summed E-state index contributed by atoms with van der Waals surface area (Å²) in [6.07, 6.45) is 2.56. The molecule has 1 aromatic carbocycles. The number of rotatable bonds is 1. The van der Waals surface area contributed by atoms with Crippen molar-refractivity contribution in [3.63, 3.8) is 0 Å². The molecule has 1 heterocycles. The van der Waals surface area contributed by atoms with Gasteiger partial charge in [0.2, 0.25) is 0 Å². The standard InChI is InChI=1S/C12H14N2O3/c1-17-8-4-3-7(15)9-10(8)12(5-2-6-12)14(16)11(9)13/h3-4,13,15-16H,2,5-6H2,1H3. The van der Waals surface area contributed by atoms with Crippen molar-refractivity contribution in [1.82, 2.24) is 5.06 Å². The van der Waals surface area contributed by atoms with Gasteiger partial charge in [-0.15, -0.1) is 0 Å². The molecular weight excluding hydrogens is 220 g/mol. The number of ether oxygens (including phenoxy) is 1. The summed E-state index contributed by atoms with van der Waals surface area (Å²) in [6, 6.07) is 3.18. The number of phenolic OH excluding ortho intramolecular Hbond substituents is 1. The first-order valence-electron chi connectivity index (χ1n) is 5.60. The molecule has 1 saturated carbocycles. The van der Waals surface area contributed by atoms with E-state index in [4.69, 9.17) is 10.1 Å². The molecule has 0 bridgehead atoms. The van der Waals surface area contributed by atoms with E-state index in [2.05, 4.69) is 0 Å². The van der Waals surface area contributed by atoms with Crippen molar-refractivity contribution in [2.45, 2.75) is 24.8 Å². The van der Waals surface area contributed by atoms with Crippen molar-refractivity contribution >= 4 is 5.84 Å². The van der Waals surface area contributed by atoms with E-state index in [-0.39, 0.29) is 11.6 Å². The number of hydrogen-bond acceptors (Lipinski definition) is 4. The number of aromatic hydroxyl groups is 1. The fourth-order valence-electron chi connectivity index (χ4n) is 2.84. The molecule has 2 aliphatic rings. The van der Waals surface area contributed by atoms with Gasteiger partial charge >= 0.3 is 0 Å². The number of methoxy groups -OCH3 is 1. The summed E-state index contributed by atoms with van der Waals surface area (Å²) >= 11 is 0. The molecule has 5 nitrogen and oxygen atoms in total. The zero-order valence-electron chi connectivity index (χ0n) is 9.53. The van der Waals surface area contributed by atoms with Gasteiger partial charge in [0, 0.05) is 5.56 Å².